The number of pyridine rings is 1. The summed E-state index contributed by atoms with van der Waals surface area (Å²) in [6.45, 7) is 0. The van der Waals surface area contributed by atoms with E-state index in [-0.39, 0.29) is 11.1 Å². The normalized spacial score (nSPS) is 9.74. The summed E-state index contributed by atoms with van der Waals surface area (Å²) in [6.07, 6.45) is 1.59. The van der Waals surface area contributed by atoms with Gasteiger partial charge in [-0.1, -0.05) is 0 Å². The zero-order chi connectivity index (χ0) is 13.8. The van der Waals surface area contributed by atoms with Crippen LogP contribution < -0.4 is 15.0 Å². The zero-order valence-corrected chi connectivity index (χ0v) is 10.6. The van der Waals surface area contributed by atoms with Crippen LogP contribution in [0.3, 0.4) is 0 Å². The van der Waals surface area contributed by atoms with Gasteiger partial charge in [0.2, 0.25) is 0 Å². The van der Waals surface area contributed by atoms with E-state index in [0.717, 1.165) is 0 Å². The second-order valence-corrected chi connectivity index (χ2v) is 3.75. The van der Waals surface area contributed by atoms with E-state index in [9.17, 15) is 4.79 Å². The van der Waals surface area contributed by atoms with Crippen LogP contribution in [-0.2, 0) is 0 Å². The Kier molecular flexibility index (Phi) is 3.53. The number of hydrogen-bond acceptors (Lipinski definition) is 4. The van der Waals surface area contributed by atoms with E-state index in [1.165, 1.54) is 17.7 Å². The molecule has 1 aromatic heterocycles. The maximum Gasteiger partial charge on any atom is 0.273 e. The van der Waals surface area contributed by atoms with Gasteiger partial charge in [0, 0.05) is 12.3 Å². The van der Waals surface area contributed by atoms with Crippen molar-refractivity contribution in [2.75, 3.05) is 14.2 Å². The molecule has 0 unspecified atom stereocenters. The van der Waals surface area contributed by atoms with Crippen LogP contribution in [0.25, 0.3) is 5.69 Å². The molecule has 0 bridgehead atoms. The van der Waals surface area contributed by atoms with Crippen LogP contribution in [0.2, 0.25) is 0 Å². The summed E-state index contributed by atoms with van der Waals surface area (Å²) in [5.74, 6) is 1.13. The quantitative estimate of drug-likeness (QED) is 0.838. The highest BCUT2D eigenvalue weighted by Gasteiger charge is 2.10. The molecule has 0 saturated carbocycles. The van der Waals surface area contributed by atoms with Gasteiger partial charge in [0.25, 0.3) is 5.56 Å². The highest BCUT2D eigenvalue weighted by molar-refractivity contribution is 5.51. The van der Waals surface area contributed by atoms with E-state index >= 15 is 0 Å². The maximum absolute atomic E-state index is 12.1. The van der Waals surface area contributed by atoms with E-state index in [1.54, 1.807) is 37.6 Å². The molecule has 0 atom stereocenters. The number of benzene rings is 1. The average molecular weight is 256 g/mol. The van der Waals surface area contributed by atoms with Gasteiger partial charge in [0.1, 0.15) is 23.1 Å². The van der Waals surface area contributed by atoms with Gasteiger partial charge in [0.15, 0.2) is 0 Å². The molecule has 0 N–H and O–H groups in total. The molecule has 5 heteroatoms. The standard InChI is InChI=1S/C14H12N2O3/c1-18-11-5-6-12(13(8-11)19-2)16-7-3-4-10(9-15)14(16)17/h3-8H,1-2H3. The second kappa shape index (κ2) is 5.27. The van der Waals surface area contributed by atoms with Gasteiger partial charge in [-0.25, -0.2) is 0 Å². The number of ether oxygens (including phenoxy) is 2. The molecule has 0 aliphatic carbocycles. The number of nitriles is 1. The highest BCUT2D eigenvalue weighted by Crippen LogP contribution is 2.26. The lowest BCUT2D eigenvalue weighted by Crippen LogP contribution is -2.20. The lowest BCUT2D eigenvalue weighted by atomic mass is 10.2. The molecule has 0 radical (unpaired) electrons. The second-order valence-electron chi connectivity index (χ2n) is 3.75. The van der Waals surface area contributed by atoms with Crippen LogP contribution in [0.4, 0.5) is 0 Å². The van der Waals surface area contributed by atoms with Crippen molar-refractivity contribution in [1.29, 1.82) is 5.26 Å². The van der Waals surface area contributed by atoms with E-state index in [1.807, 2.05) is 6.07 Å². The summed E-state index contributed by atoms with van der Waals surface area (Å²) >= 11 is 0. The fraction of sp³-hybridized carbons (Fsp3) is 0.143. The van der Waals surface area contributed by atoms with Crippen LogP contribution >= 0.6 is 0 Å². The van der Waals surface area contributed by atoms with Crippen molar-refractivity contribution in [1.82, 2.24) is 4.57 Å². The summed E-state index contributed by atoms with van der Waals surface area (Å²) in [7, 11) is 3.06. The van der Waals surface area contributed by atoms with Crippen LogP contribution in [0.1, 0.15) is 5.56 Å². The Morgan fingerprint density at radius 3 is 2.63 bits per heavy atom. The molecule has 0 aliphatic heterocycles. The van der Waals surface area contributed by atoms with Gasteiger partial charge >= 0.3 is 0 Å². The molecule has 0 fully saturated rings. The minimum Gasteiger partial charge on any atom is -0.497 e. The Labute approximate surface area is 110 Å². The molecule has 2 rings (SSSR count). The number of nitrogens with zero attached hydrogens (tertiary/aromatic N) is 2. The van der Waals surface area contributed by atoms with Gasteiger partial charge in [-0.05, 0) is 24.3 Å². The Morgan fingerprint density at radius 1 is 1.21 bits per heavy atom. The Balaban J connectivity index is 2.66. The fourth-order valence-corrected chi connectivity index (χ4v) is 1.75. The molecule has 0 saturated heterocycles. The lowest BCUT2D eigenvalue weighted by Gasteiger charge is -2.12. The molecule has 1 heterocycles. The van der Waals surface area contributed by atoms with Crippen molar-refractivity contribution in [3.8, 4) is 23.3 Å². The summed E-state index contributed by atoms with van der Waals surface area (Å²) < 4.78 is 11.7. The Bertz CT molecular complexity index is 699. The van der Waals surface area contributed by atoms with Crippen molar-refractivity contribution in [2.45, 2.75) is 0 Å². The first kappa shape index (κ1) is 12.7. The highest BCUT2D eigenvalue weighted by atomic mass is 16.5. The lowest BCUT2D eigenvalue weighted by molar-refractivity contribution is 0.393. The number of methoxy groups -OCH3 is 2. The predicted octanol–water partition coefficient (Wildman–Crippen LogP) is 1.73. The maximum atomic E-state index is 12.1. The molecular formula is C14H12N2O3. The summed E-state index contributed by atoms with van der Waals surface area (Å²) in [5.41, 5.74) is 0.263. The number of rotatable bonds is 3. The molecular weight excluding hydrogens is 244 g/mol. The Morgan fingerprint density at radius 2 is 2.00 bits per heavy atom. The third-order valence-corrected chi connectivity index (χ3v) is 2.71. The molecule has 0 amide bonds. The van der Waals surface area contributed by atoms with Crippen molar-refractivity contribution in [3.63, 3.8) is 0 Å². The molecule has 1 aromatic carbocycles. The zero-order valence-electron chi connectivity index (χ0n) is 10.6. The summed E-state index contributed by atoms with van der Waals surface area (Å²) in [6, 6.07) is 10.1. The van der Waals surface area contributed by atoms with E-state index in [0.29, 0.717) is 17.2 Å². The first-order chi connectivity index (χ1) is 9.21. The van der Waals surface area contributed by atoms with Crippen molar-refractivity contribution in [3.05, 3.63) is 52.4 Å². The van der Waals surface area contributed by atoms with Gasteiger partial charge in [-0.3, -0.25) is 9.36 Å². The van der Waals surface area contributed by atoms with Crippen LogP contribution in [-0.4, -0.2) is 18.8 Å². The molecule has 0 aliphatic rings. The van der Waals surface area contributed by atoms with Gasteiger partial charge < -0.3 is 9.47 Å². The minimum atomic E-state index is -0.381. The van der Waals surface area contributed by atoms with E-state index < -0.39 is 0 Å². The van der Waals surface area contributed by atoms with Crippen LogP contribution in [0.15, 0.2) is 41.3 Å². The van der Waals surface area contributed by atoms with E-state index in [4.69, 9.17) is 14.7 Å². The van der Waals surface area contributed by atoms with Crippen molar-refractivity contribution in [2.24, 2.45) is 0 Å². The van der Waals surface area contributed by atoms with Crippen molar-refractivity contribution >= 4 is 0 Å². The predicted molar refractivity (Wildman–Crippen MR) is 69.9 cm³/mol. The smallest absolute Gasteiger partial charge is 0.273 e. The molecule has 5 nitrogen and oxygen atoms in total. The minimum absolute atomic E-state index is 0.0837. The van der Waals surface area contributed by atoms with Crippen molar-refractivity contribution < 1.29 is 9.47 Å². The molecule has 96 valence electrons. The third-order valence-electron chi connectivity index (χ3n) is 2.71. The largest absolute Gasteiger partial charge is 0.497 e. The topological polar surface area (TPSA) is 64.2 Å². The number of hydrogen-bond donors (Lipinski definition) is 0. The number of aromatic nitrogens is 1. The average Bonchev–Trinajstić information content (AvgIpc) is 2.47. The SMILES string of the molecule is COc1ccc(-n2cccc(C#N)c2=O)c(OC)c1. The first-order valence-corrected chi connectivity index (χ1v) is 5.55. The molecule has 2 aromatic rings. The Hall–Kier alpha value is -2.74. The fourth-order valence-electron chi connectivity index (χ4n) is 1.75. The molecule has 0 spiro atoms. The van der Waals surface area contributed by atoms with Gasteiger partial charge in [-0.2, -0.15) is 5.26 Å². The monoisotopic (exact) mass is 256 g/mol. The van der Waals surface area contributed by atoms with E-state index in [2.05, 4.69) is 0 Å². The van der Waals surface area contributed by atoms with Crippen LogP contribution in [0, 0.1) is 11.3 Å². The molecule has 19 heavy (non-hydrogen) atoms. The first-order valence-electron chi connectivity index (χ1n) is 5.55. The summed E-state index contributed by atoms with van der Waals surface area (Å²) in [4.78, 5) is 12.1. The van der Waals surface area contributed by atoms with Crippen LogP contribution in [0.5, 0.6) is 11.5 Å². The summed E-state index contributed by atoms with van der Waals surface area (Å²) in [5, 5.41) is 8.88. The van der Waals surface area contributed by atoms with Gasteiger partial charge in [0.05, 0.1) is 19.9 Å². The third kappa shape index (κ3) is 2.29. The van der Waals surface area contributed by atoms with Gasteiger partial charge in [-0.15, -0.1) is 0 Å².